The molecule has 3 aromatic rings. The molecule has 0 aromatic heterocycles. The van der Waals surface area contributed by atoms with Gasteiger partial charge in [-0.3, -0.25) is 9.89 Å². The zero-order chi connectivity index (χ0) is 24.4. The van der Waals surface area contributed by atoms with Gasteiger partial charge >= 0.3 is 5.97 Å². The van der Waals surface area contributed by atoms with Crippen LogP contribution >= 0.6 is 23.2 Å². The molecule has 0 saturated carbocycles. The zero-order valence-corrected chi connectivity index (χ0v) is 20.8. The third-order valence-corrected chi connectivity index (χ3v) is 6.86. The van der Waals surface area contributed by atoms with Gasteiger partial charge in [0.2, 0.25) is 0 Å². The van der Waals surface area contributed by atoms with Crippen LogP contribution in [-0.4, -0.2) is 56.7 Å². The molecule has 6 nitrogen and oxygen atoms in total. The Labute approximate surface area is 214 Å². The standard InChI is InChI=1S/C27H25Cl2N3O3/c1-34-27(33)24-23(16-32-10-12-35-13-11-32)30-26(19-7-6-17-4-2-3-5-18(17)14-19)31-25(24)21-9-8-20(28)15-22(21)29/h2-9,14-15,25H,10-13,16H2,1H3,(H,30,31). The van der Waals surface area contributed by atoms with E-state index in [0.29, 0.717) is 46.8 Å². The van der Waals surface area contributed by atoms with Crippen LogP contribution in [0.3, 0.4) is 0 Å². The molecule has 2 aliphatic rings. The van der Waals surface area contributed by atoms with E-state index in [2.05, 4.69) is 34.5 Å². The van der Waals surface area contributed by atoms with Crippen molar-refractivity contribution in [3.8, 4) is 0 Å². The second-order valence-electron chi connectivity index (χ2n) is 8.51. The number of esters is 1. The molecule has 2 heterocycles. The maximum Gasteiger partial charge on any atom is 0.338 e. The van der Waals surface area contributed by atoms with E-state index < -0.39 is 12.0 Å². The van der Waals surface area contributed by atoms with E-state index in [1.807, 2.05) is 24.3 Å². The summed E-state index contributed by atoms with van der Waals surface area (Å²) in [5, 5.41) is 6.66. The lowest BCUT2D eigenvalue weighted by Crippen LogP contribution is -2.43. The molecule has 1 atom stereocenters. The van der Waals surface area contributed by atoms with Gasteiger partial charge in [-0.05, 0) is 29.0 Å². The number of carbonyl (C=O) groups excluding carboxylic acids is 1. The van der Waals surface area contributed by atoms with Gasteiger partial charge in [-0.1, -0.05) is 65.7 Å². The fourth-order valence-corrected chi connectivity index (χ4v) is 5.00. The van der Waals surface area contributed by atoms with E-state index in [1.54, 1.807) is 12.1 Å². The lowest BCUT2D eigenvalue weighted by Gasteiger charge is -2.32. The van der Waals surface area contributed by atoms with Crippen molar-refractivity contribution in [2.24, 2.45) is 4.99 Å². The average molecular weight is 510 g/mol. The molecule has 0 spiro atoms. The summed E-state index contributed by atoms with van der Waals surface area (Å²) >= 11 is 12.8. The fourth-order valence-electron chi connectivity index (χ4n) is 4.49. The Bertz CT molecular complexity index is 1330. The SMILES string of the molecule is COC(=O)C1=C(CN2CCOCC2)NC(c2ccc3ccccc3c2)=NC1c1ccc(Cl)cc1Cl. The van der Waals surface area contributed by atoms with Crippen molar-refractivity contribution in [1.29, 1.82) is 0 Å². The molecule has 5 rings (SSSR count). The molecule has 0 radical (unpaired) electrons. The second-order valence-corrected chi connectivity index (χ2v) is 9.35. The first-order chi connectivity index (χ1) is 17.0. The van der Waals surface area contributed by atoms with Gasteiger partial charge < -0.3 is 14.8 Å². The topological polar surface area (TPSA) is 63.2 Å². The Morgan fingerprint density at radius 1 is 1.09 bits per heavy atom. The van der Waals surface area contributed by atoms with Crippen molar-refractivity contribution in [2.75, 3.05) is 40.0 Å². The van der Waals surface area contributed by atoms with Crippen molar-refractivity contribution in [3.63, 3.8) is 0 Å². The number of morpholine rings is 1. The highest BCUT2D eigenvalue weighted by molar-refractivity contribution is 6.35. The monoisotopic (exact) mass is 509 g/mol. The van der Waals surface area contributed by atoms with Gasteiger partial charge in [0.1, 0.15) is 11.9 Å². The Morgan fingerprint density at radius 2 is 1.86 bits per heavy atom. The van der Waals surface area contributed by atoms with E-state index >= 15 is 0 Å². The van der Waals surface area contributed by atoms with E-state index in [-0.39, 0.29) is 0 Å². The summed E-state index contributed by atoms with van der Waals surface area (Å²) in [5.74, 6) is 0.223. The van der Waals surface area contributed by atoms with Crippen LogP contribution < -0.4 is 5.32 Å². The lowest BCUT2D eigenvalue weighted by molar-refractivity contribution is -0.136. The van der Waals surface area contributed by atoms with E-state index in [1.165, 1.54) is 7.11 Å². The van der Waals surface area contributed by atoms with Crippen LogP contribution in [0.1, 0.15) is 17.2 Å². The van der Waals surface area contributed by atoms with Crippen molar-refractivity contribution in [3.05, 3.63) is 93.1 Å². The number of nitrogens with one attached hydrogen (secondary N) is 1. The maximum atomic E-state index is 13.1. The highest BCUT2D eigenvalue weighted by atomic mass is 35.5. The second kappa shape index (κ2) is 10.4. The third-order valence-electron chi connectivity index (χ3n) is 6.30. The first-order valence-electron chi connectivity index (χ1n) is 11.4. The van der Waals surface area contributed by atoms with Gasteiger partial charge in [-0.2, -0.15) is 0 Å². The Balaban J connectivity index is 1.64. The number of aliphatic imine (C=N–C) groups is 1. The predicted molar refractivity (Wildman–Crippen MR) is 139 cm³/mol. The van der Waals surface area contributed by atoms with Gasteiger partial charge in [0.15, 0.2) is 0 Å². The first-order valence-corrected chi connectivity index (χ1v) is 12.2. The van der Waals surface area contributed by atoms with Crippen LogP contribution in [0.15, 0.2) is 76.9 Å². The lowest BCUT2D eigenvalue weighted by atomic mass is 9.94. The number of ether oxygens (including phenoxy) is 2. The summed E-state index contributed by atoms with van der Waals surface area (Å²) in [6, 6.07) is 19.0. The van der Waals surface area contributed by atoms with Crippen LogP contribution in [0, 0.1) is 0 Å². The van der Waals surface area contributed by atoms with Gasteiger partial charge in [-0.25, -0.2) is 4.79 Å². The predicted octanol–water partition coefficient (Wildman–Crippen LogP) is 5.00. The minimum Gasteiger partial charge on any atom is -0.466 e. The van der Waals surface area contributed by atoms with Gasteiger partial charge in [0.25, 0.3) is 0 Å². The van der Waals surface area contributed by atoms with Crippen molar-refractivity contribution >= 4 is 45.8 Å². The maximum absolute atomic E-state index is 13.1. The molecule has 0 amide bonds. The summed E-state index contributed by atoms with van der Waals surface area (Å²) < 4.78 is 10.7. The molecule has 1 fully saturated rings. The number of carbonyl (C=O) groups is 1. The number of halogens is 2. The summed E-state index contributed by atoms with van der Waals surface area (Å²) in [7, 11) is 1.38. The Hall–Kier alpha value is -2.90. The largest absolute Gasteiger partial charge is 0.466 e. The molecule has 1 N–H and O–H groups in total. The third kappa shape index (κ3) is 5.07. The number of rotatable bonds is 5. The highest BCUT2D eigenvalue weighted by Gasteiger charge is 2.34. The summed E-state index contributed by atoms with van der Waals surface area (Å²) in [4.78, 5) is 20.3. The minimum atomic E-state index is -0.647. The normalized spacial score (nSPS) is 18.8. The van der Waals surface area contributed by atoms with Crippen LogP contribution in [0.4, 0.5) is 0 Å². The molecular formula is C27H25Cl2N3O3. The van der Waals surface area contributed by atoms with E-state index in [0.717, 1.165) is 35.1 Å². The van der Waals surface area contributed by atoms with Gasteiger partial charge in [0, 0.05) is 46.5 Å². The minimum absolute atomic E-state index is 0.438. The van der Waals surface area contributed by atoms with Gasteiger partial charge in [0.05, 0.1) is 25.9 Å². The molecule has 8 heteroatoms. The quantitative estimate of drug-likeness (QED) is 0.490. The van der Waals surface area contributed by atoms with E-state index in [4.69, 9.17) is 37.7 Å². The Morgan fingerprint density at radius 3 is 2.60 bits per heavy atom. The average Bonchev–Trinajstić information content (AvgIpc) is 2.88. The molecule has 1 unspecified atom stereocenters. The molecule has 1 saturated heterocycles. The molecule has 2 aliphatic heterocycles. The zero-order valence-electron chi connectivity index (χ0n) is 19.3. The van der Waals surface area contributed by atoms with Crippen molar-refractivity contribution < 1.29 is 14.3 Å². The summed E-state index contributed by atoms with van der Waals surface area (Å²) in [6.45, 7) is 3.38. The summed E-state index contributed by atoms with van der Waals surface area (Å²) in [5.41, 5.74) is 2.79. The molecule has 180 valence electrons. The van der Waals surface area contributed by atoms with Crippen LogP contribution in [0.2, 0.25) is 10.0 Å². The number of amidine groups is 1. The number of nitrogens with zero attached hydrogens (tertiary/aromatic N) is 2. The van der Waals surface area contributed by atoms with Crippen LogP contribution in [-0.2, 0) is 14.3 Å². The number of hydrogen-bond acceptors (Lipinski definition) is 6. The van der Waals surface area contributed by atoms with Crippen molar-refractivity contribution in [2.45, 2.75) is 6.04 Å². The van der Waals surface area contributed by atoms with E-state index in [9.17, 15) is 4.79 Å². The summed E-state index contributed by atoms with van der Waals surface area (Å²) in [6.07, 6.45) is 0. The molecule has 3 aromatic carbocycles. The molecule has 0 bridgehead atoms. The van der Waals surface area contributed by atoms with Gasteiger partial charge in [-0.15, -0.1) is 0 Å². The number of benzene rings is 3. The highest BCUT2D eigenvalue weighted by Crippen LogP contribution is 2.37. The number of hydrogen-bond donors (Lipinski definition) is 1. The molecule has 35 heavy (non-hydrogen) atoms. The van der Waals surface area contributed by atoms with Crippen molar-refractivity contribution in [1.82, 2.24) is 10.2 Å². The smallest absolute Gasteiger partial charge is 0.338 e. The fraction of sp³-hybridized carbons (Fsp3) is 0.259. The molecular weight excluding hydrogens is 485 g/mol. The molecule has 0 aliphatic carbocycles. The van der Waals surface area contributed by atoms with Crippen LogP contribution in [0.25, 0.3) is 10.8 Å². The number of fused-ring (bicyclic) bond motifs is 1. The van der Waals surface area contributed by atoms with Crippen LogP contribution in [0.5, 0.6) is 0 Å². The Kier molecular flexibility index (Phi) is 7.07. The number of methoxy groups -OCH3 is 1. The first kappa shape index (κ1) is 23.8.